The van der Waals surface area contributed by atoms with Crippen LogP contribution in [0.5, 0.6) is 5.75 Å². The number of benzene rings is 1. The molecule has 0 unspecified atom stereocenters. The molecule has 0 radical (unpaired) electrons. The smallest absolute Gasteiger partial charge is 0.207 e. The summed E-state index contributed by atoms with van der Waals surface area (Å²) in [6.07, 6.45) is 3.34. The number of carbonyl (C=O) groups is 1. The van der Waals surface area contributed by atoms with E-state index in [0.717, 1.165) is 11.5 Å². The summed E-state index contributed by atoms with van der Waals surface area (Å²) in [5, 5.41) is 7.51. The molecule has 5 nitrogen and oxygen atoms in total. The van der Waals surface area contributed by atoms with Crippen LogP contribution in [0.15, 0.2) is 24.3 Å². The molecule has 0 spiro atoms. The summed E-state index contributed by atoms with van der Waals surface area (Å²) < 4.78 is 6.97. The fourth-order valence-electron chi connectivity index (χ4n) is 2.14. The Balaban J connectivity index is 0.000000172. The number of rotatable bonds is 5. The van der Waals surface area contributed by atoms with E-state index in [4.69, 9.17) is 16.3 Å². The van der Waals surface area contributed by atoms with Crippen LogP contribution in [-0.4, -0.2) is 23.3 Å². The average molecular weight is 336 g/mol. The van der Waals surface area contributed by atoms with Crippen molar-refractivity contribution in [1.82, 2.24) is 15.1 Å². The van der Waals surface area contributed by atoms with E-state index in [0.29, 0.717) is 23.7 Å². The van der Waals surface area contributed by atoms with E-state index >= 15 is 0 Å². The molecule has 1 N–H and O–H groups in total. The van der Waals surface area contributed by atoms with Gasteiger partial charge < -0.3 is 10.1 Å². The molecule has 0 saturated heterocycles. The number of aryl methyl sites for hydroxylation is 2. The molecular formula is C17H22ClN3O2. The molecule has 0 bridgehead atoms. The zero-order valence-electron chi connectivity index (χ0n) is 13.7. The Morgan fingerprint density at radius 2 is 2.17 bits per heavy atom. The number of hydrogen-bond donors (Lipinski definition) is 1. The van der Waals surface area contributed by atoms with Gasteiger partial charge in [0, 0.05) is 25.2 Å². The highest BCUT2D eigenvalue weighted by Gasteiger charge is 2.26. The van der Waals surface area contributed by atoms with Crippen LogP contribution in [-0.2, 0) is 18.4 Å². The van der Waals surface area contributed by atoms with Crippen molar-refractivity contribution in [2.45, 2.75) is 32.2 Å². The molecule has 2 aromatic rings. The molecule has 6 heteroatoms. The number of hydrogen-bond acceptors (Lipinski definition) is 3. The number of carbonyl (C=O) groups excluding carboxylic acids is 1. The standard InChI is InChI=1S/C9H10ClNO2.C8H12N2/c1-13-9-4-7(5-11-6-12)2-3-8(9)10;1-6-5-8(7-3-4-7)9-10(6)2/h2-4,6H,5H2,1H3,(H,11,12);5,7H,3-4H2,1-2H3. The van der Waals surface area contributed by atoms with Gasteiger partial charge >= 0.3 is 0 Å². The summed E-state index contributed by atoms with van der Waals surface area (Å²) in [5.41, 5.74) is 3.51. The first kappa shape index (κ1) is 17.3. The third kappa shape index (κ3) is 4.99. The molecule has 0 atom stereocenters. The zero-order chi connectivity index (χ0) is 16.8. The van der Waals surface area contributed by atoms with Crippen LogP contribution in [0.1, 0.15) is 35.7 Å². The van der Waals surface area contributed by atoms with Gasteiger partial charge in [0.25, 0.3) is 0 Å². The molecule has 1 amide bonds. The maximum atomic E-state index is 10.0. The lowest BCUT2D eigenvalue weighted by Gasteiger charge is -2.05. The number of nitrogens with zero attached hydrogens (tertiary/aromatic N) is 2. The fraction of sp³-hybridized carbons (Fsp3) is 0.412. The van der Waals surface area contributed by atoms with Crippen LogP contribution >= 0.6 is 11.6 Å². The third-order valence-electron chi connectivity index (χ3n) is 3.73. The van der Waals surface area contributed by atoms with Gasteiger partial charge in [0.05, 0.1) is 17.8 Å². The summed E-state index contributed by atoms with van der Waals surface area (Å²) in [6, 6.07) is 7.56. The van der Waals surface area contributed by atoms with Gasteiger partial charge in [0.2, 0.25) is 6.41 Å². The van der Waals surface area contributed by atoms with Crippen molar-refractivity contribution in [1.29, 1.82) is 0 Å². The van der Waals surface area contributed by atoms with Gasteiger partial charge in [0.15, 0.2) is 0 Å². The average Bonchev–Trinajstić information content (AvgIpc) is 3.34. The van der Waals surface area contributed by atoms with Gasteiger partial charge in [-0.1, -0.05) is 17.7 Å². The molecular weight excluding hydrogens is 314 g/mol. The lowest BCUT2D eigenvalue weighted by atomic mass is 10.2. The largest absolute Gasteiger partial charge is 0.495 e. The van der Waals surface area contributed by atoms with Crippen molar-refractivity contribution in [3.63, 3.8) is 0 Å². The number of nitrogens with one attached hydrogen (secondary N) is 1. The predicted octanol–water partition coefficient (Wildman–Crippen LogP) is 3.20. The van der Waals surface area contributed by atoms with Crippen molar-refractivity contribution >= 4 is 18.0 Å². The second-order valence-corrected chi connectivity index (χ2v) is 5.98. The Kier molecular flexibility index (Phi) is 6.04. The SMILES string of the molecule is COc1cc(CNC=O)ccc1Cl.Cc1cc(C2CC2)nn1C. The van der Waals surface area contributed by atoms with Crippen molar-refractivity contribution < 1.29 is 9.53 Å². The van der Waals surface area contributed by atoms with Gasteiger partial charge in [-0.2, -0.15) is 5.10 Å². The van der Waals surface area contributed by atoms with Crippen molar-refractivity contribution in [3.8, 4) is 5.75 Å². The van der Waals surface area contributed by atoms with E-state index < -0.39 is 0 Å². The van der Waals surface area contributed by atoms with E-state index in [1.165, 1.54) is 24.2 Å². The molecule has 1 aromatic heterocycles. The fourth-order valence-corrected chi connectivity index (χ4v) is 2.34. The summed E-state index contributed by atoms with van der Waals surface area (Å²) in [5.74, 6) is 1.41. The lowest BCUT2D eigenvalue weighted by Crippen LogP contribution is -2.09. The van der Waals surface area contributed by atoms with Crippen molar-refractivity contribution in [3.05, 3.63) is 46.2 Å². The molecule has 124 valence electrons. The van der Waals surface area contributed by atoms with Crippen LogP contribution in [0.2, 0.25) is 5.02 Å². The molecule has 1 aliphatic carbocycles. The number of aromatic nitrogens is 2. The van der Waals surface area contributed by atoms with Gasteiger partial charge in [-0.15, -0.1) is 0 Å². The zero-order valence-corrected chi connectivity index (χ0v) is 14.4. The monoisotopic (exact) mass is 335 g/mol. The Morgan fingerprint density at radius 1 is 1.43 bits per heavy atom. The van der Waals surface area contributed by atoms with E-state index in [-0.39, 0.29) is 0 Å². The van der Waals surface area contributed by atoms with Crippen LogP contribution in [0, 0.1) is 6.92 Å². The third-order valence-corrected chi connectivity index (χ3v) is 4.05. The summed E-state index contributed by atoms with van der Waals surface area (Å²) in [4.78, 5) is 10.0. The first-order chi connectivity index (χ1) is 11.0. The number of halogens is 1. The Hall–Kier alpha value is -2.01. The van der Waals surface area contributed by atoms with Crippen LogP contribution in [0.25, 0.3) is 0 Å². The maximum absolute atomic E-state index is 10.0. The minimum absolute atomic E-state index is 0.483. The van der Waals surface area contributed by atoms with E-state index in [1.807, 2.05) is 17.8 Å². The van der Waals surface area contributed by atoms with Gasteiger partial charge in [-0.05, 0) is 43.5 Å². The first-order valence-electron chi connectivity index (χ1n) is 7.55. The second-order valence-electron chi connectivity index (χ2n) is 5.58. The molecule has 0 aliphatic heterocycles. The molecule has 1 saturated carbocycles. The minimum Gasteiger partial charge on any atom is -0.495 e. The Bertz CT molecular complexity index is 646. The van der Waals surface area contributed by atoms with Gasteiger partial charge in [-0.25, -0.2) is 0 Å². The Labute approximate surface area is 141 Å². The Morgan fingerprint density at radius 3 is 2.70 bits per heavy atom. The predicted molar refractivity (Wildman–Crippen MR) is 90.8 cm³/mol. The van der Waals surface area contributed by atoms with Crippen molar-refractivity contribution in [2.75, 3.05) is 7.11 Å². The van der Waals surface area contributed by atoms with E-state index in [2.05, 4.69) is 23.4 Å². The molecule has 1 aliphatic rings. The van der Waals surface area contributed by atoms with Crippen molar-refractivity contribution in [2.24, 2.45) is 7.05 Å². The number of methoxy groups -OCH3 is 1. The first-order valence-corrected chi connectivity index (χ1v) is 7.93. The topological polar surface area (TPSA) is 56.1 Å². The minimum atomic E-state index is 0.483. The summed E-state index contributed by atoms with van der Waals surface area (Å²) in [6.45, 7) is 2.58. The highest BCUT2D eigenvalue weighted by Crippen LogP contribution is 2.39. The van der Waals surface area contributed by atoms with E-state index in [1.54, 1.807) is 19.2 Å². The lowest BCUT2D eigenvalue weighted by molar-refractivity contribution is -0.109. The van der Waals surface area contributed by atoms with Crippen LogP contribution in [0.4, 0.5) is 0 Å². The summed E-state index contributed by atoms with van der Waals surface area (Å²) >= 11 is 5.82. The van der Waals surface area contributed by atoms with Gasteiger partial charge in [-0.3, -0.25) is 9.48 Å². The normalized spacial score (nSPS) is 13.0. The van der Waals surface area contributed by atoms with Crippen LogP contribution < -0.4 is 10.1 Å². The van der Waals surface area contributed by atoms with Crippen LogP contribution in [0.3, 0.4) is 0 Å². The highest BCUT2D eigenvalue weighted by molar-refractivity contribution is 6.32. The quantitative estimate of drug-likeness (QED) is 0.854. The molecule has 23 heavy (non-hydrogen) atoms. The number of ether oxygens (including phenoxy) is 1. The van der Waals surface area contributed by atoms with E-state index in [9.17, 15) is 4.79 Å². The molecule has 3 rings (SSSR count). The second kappa shape index (κ2) is 8.02. The maximum Gasteiger partial charge on any atom is 0.207 e. The number of amides is 1. The molecule has 1 fully saturated rings. The van der Waals surface area contributed by atoms with Gasteiger partial charge in [0.1, 0.15) is 5.75 Å². The highest BCUT2D eigenvalue weighted by atomic mass is 35.5. The molecule has 1 heterocycles. The molecule has 1 aromatic carbocycles. The summed E-state index contributed by atoms with van der Waals surface area (Å²) in [7, 11) is 3.55.